The van der Waals surface area contributed by atoms with Crippen LogP contribution >= 0.6 is 11.3 Å². The molecule has 0 aliphatic carbocycles. The third-order valence-electron chi connectivity index (χ3n) is 4.02. The monoisotopic (exact) mass is 376 g/mol. The van der Waals surface area contributed by atoms with E-state index in [0.29, 0.717) is 12.4 Å². The van der Waals surface area contributed by atoms with Crippen molar-refractivity contribution in [2.24, 2.45) is 0 Å². The SMILES string of the molecule is CCOc1ccc(S(=O)(=O)N(C)[C@@H](C)c2nc3ccccc3s2)cc1. The van der Waals surface area contributed by atoms with E-state index < -0.39 is 10.0 Å². The van der Waals surface area contributed by atoms with Crippen molar-refractivity contribution in [3.05, 3.63) is 53.5 Å². The predicted molar refractivity (Wildman–Crippen MR) is 101 cm³/mol. The van der Waals surface area contributed by atoms with E-state index in [1.54, 1.807) is 31.3 Å². The number of nitrogens with zero attached hydrogens (tertiary/aromatic N) is 2. The van der Waals surface area contributed by atoms with Crippen molar-refractivity contribution in [3.8, 4) is 5.75 Å². The van der Waals surface area contributed by atoms with Crippen molar-refractivity contribution < 1.29 is 13.2 Å². The highest BCUT2D eigenvalue weighted by Gasteiger charge is 2.28. The summed E-state index contributed by atoms with van der Waals surface area (Å²) in [5, 5.41) is 0.776. The van der Waals surface area contributed by atoms with Gasteiger partial charge in [-0.15, -0.1) is 11.3 Å². The van der Waals surface area contributed by atoms with Crippen LogP contribution in [0.1, 0.15) is 24.9 Å². The lowest BCUT2D eigenvalue weighted by Gasteiger charge is -2.22. The van der Waals surface area contributed by atoms with Crippen molar-refractivity contribution in [2.45, 2.75) is 24.8 Å². The molecule has 0 unspecified atom stereocenters. The molecule has 0 spiro atoms. The minimum atomic E-state index is -3.61. The molecule has 0 aliphatic rings. The number of thiazole rings is 1. The largest absolute Gasteiger partial charge is 0.494 e. The molecule has 0 radical (unpaired) electrons. The molecule has 2 aromatic carbocycles. The molecule has 0 saturated heterocycles. The van der Waals surface area contributed by atoms with Gasteiger partial charge in [-0.3, -0.25) is 0 Å². The number of ether oxygens (including phenoxy) is 1. The lowest BCUT2D eigenvalue weighted by atomic mass is 10.3. The van der Waals surface area contributed by atoms with Crippen LogP contribution in [0.5, 0.6) is 5.75 Å². The Morgan fingerprint density at radius 2 is 1.84 bits per heavy atom. The Morgan fingerprint density at radius 1 is 1.16 bits per heavy atom. The molecule has 0 aliphatic heterocycles. The van der Waals surface area contributed by atoms with Crippen molar-refractivity contribution in [1.29, 1.82) is 0 Å². The molecular weight excluding hydrogens is 356 g/mol. The van der Waals surface area contributed by atoms with Crippen LogP contribution in [0.25, 0.3) is 10.2 Å². The molecular formula is C18H20N2O3S2. The zero-order chi connectivity index (χ0) is 18.0. The van der Waals surface area contributed by atoms with Crippen LogP contribution in [0.15, 0.2) is 53.4 Å². The van der Waals surface area contributed by atoms with Gasteiger partial charge in [0.1, 0.15) is 10.8 Å². The van der Waals surface area contributed by atoms with E-state index in [2.05, 4.69) is 4.98 Å². The van der Waals surface area contributed by atoms with Crippen molar-refractivity contribution in [2.75, 3.05) is 13.7 Å². The normalized spacial score (nSPS) is 13.3. The van der Waals surface area contributed by atoms with Gasteiger partial charge < -0.3 is 4.74 Å². The first-order chi connectivity index (χ1) is 11.9. The third-order valence-corrected chi connectivity index (χ3v) is 7.17. The summed E-state index contributed by atoms with van der Waals surface area (Å²) in [5.74, 6) is 0.656. The molecule has 132 valence electrons. The number of hydrogen-bond acceptors (Lipinski definition) is 5. The Morgan fingerprint density at radius 3 is 2.48 bits per heavy atom. The van der Waals surface area contributed by atoms with Crippen LogP contribution < -0.4 is 4.74 Å². The fraction of sp³-hybridized carbons (Fsp3) is 0.278. The van der Waals surface area contributed by atoms with E-state index >= 15 is 0 Å². The van der Waals surface area contributed by atoms with Gasteiger partial charge >= 0.3 is 0 Å². The first-order valence-corrected chi connectivity index (χ1v) is 10.3. The molecule has 3 aromatic rings. The molecule has 0 amide bonds. The molecule has 1 heterocycles. The number of benzene rings is 2. The first kappa shape index (κ1) is 17.8. The van der Waals surface area contributed by atoms with Crippen molar-refractivity contribution in [3.63, 3.8) is 0 Å². The lowest BCUT2D eigenvalue weighted by Crippen LogP contribution is -2.29. The van der Waals surface area contributed by atoms with Gasteiger partial charge in [-0.05, 0) is 50.2 Å². The molecule has 0 fully saturated rings. The van der Waals surface area contributed by atoms with Crippen LogP contribution in [0, 0.1) is 0 Å². The summed E-state index contributed by atoms with van der Waals surface area (Å²) >= 11 is 1.52. The van der Waals surface area contributed by atoms with Crippen LogP contribution in [-0.4, -0.2) is 31.4 Å². The minimum absolute atomic E-state index is 0.242. The summed E-state index contributed by atoms with van der Waals surface area (Å²) in [6.45, 7) is 4.28. The van der Waals surface area contributed by atoms with E-state index in [9.17, 15) is 8.42 Å². The summed E-state index contributed by atoms with van der Waals surface area (Å²) < 4.78 is 33.6. The third kappa shape index (κ3) is 3.53. The van der Waals surface area contributed by atoms with Gasteiger partial charge in [0.05, 0.1) is 27.8 Å². The summed E-state index contributed by atoms with van der Waals surface area (Å²) in [4.78, 5) is 4.81. The Kier molecular flexibility index (Phi) is 5.08. The molecule has 1 atom stereocenters. The molecule has 1 aromatic heterocycles. The maximum atomic E-state index is 12.9. The van der Waals surface area contributed by atoms with Gasteiger partial charge in [-0.2, -0.15) is 4.31 Å². The zero-order valence-corrected chi connectivity index (χ0v) is 16.0. The van der Waals surface area contributed by atoms with Crippen LogP contribution in [0.2, 0.25) is 0 Å². The number of fused-ring (bicyclic) bond motifs is 1. The van der Waals surface area contributed by atoms with Gasteiger partial charge in [0.25, 0.3) is 0 Å². The first-order valence-electron chi connectivity index (χ1n) is 8.00. The van der Waals surface area contributed by atoms with Crippen molar-refractivity contribution in [1.82, 2.24) is 9.29 Å². The highest BCUT2D eigenvalue weighted by atomic mass is 32.2. The zero-order valence-electron chi connectivity index (χ0n) is 14.3. The minimum Gasteiger partial charge on any atom is -0.494 e. The lowest BCUT2D eigenvalue weighted by molar-refractivity contribution is 0.340. The van der Waals surface area contributed by atoms with Crippen molar-refractivity contribution >= 4 is 31.6 Å². The average Bonchev–Trinajstić information content (AvgIpc) is 3.05. The van der Waals surface area contributed by atoms with Gasteiger partial charge in [-0.25, -0.2) is 13.4 Å². The Balaban J connectivity index is 1.87. The highest BCUT2D eigenvalue weighted by Crippen LogP contribution is 2.31. The van der Waals surface area contributed by atoms with E-state index in [4.69, 9.17) is 4.74 Å². The summed E-state index contributed by atoms with van der Waals surface area (Å²) in [6.07, 6.45) is 0. The quantitative estimate of drug-likeness (QED) is 0.650. The molecule has 0 bridgehead atoms. The Hall–Kier alpha value is -1.96. The molecule has 3 rings (SSSR count). The topological polar surface area (TPSA) is 59.5 Å². The average molecular weight is 377 g/mol. The van der Waals surface area contributed by atoms with Crippen LogP contribution in [0.3, 0.4) is 0 Å². The van der Waals surface area contributed by atoms with E-state index in [1.165, 1.54) is 15.6 Å². The van der Waals surface area contributed by atoms with Gasteiger partial charge in [-0.1, -0.05) is 12.1 Å². The van der Waals surface area contributed by atoms with Gasteiger partial charge in [0, 0.05) is 7.05 Å². The maximum absolute atomic E-state index is 12.9. The fourth-order valence-corrected chi connectivity index (χ4v) is 4.93. The van der Waals surface area contributed by atoms with E-state index in [1.807, 2.05) is 38.1 Å². The second kappa shape index (κ2) is 7.11. The molecule has 0 saturated carbocycles. The fourth-order valence-electron chi connectivity index (χ4n) is 2.47. The number of aromatic nitrogens is 1. The summed E-state index contributed by atoms with van der Waals surface area (Å²) in [6, 6.07) is 13.9. The molecule has 25 heavy (non-hydrogen) atoms. The van der Waals surface area contributed by atoms with Gasteiger partial charge in [0.2, 0.25) is 10.0 Å². The van der Waals surface area contributed by atoms with Crippen LogP contribution in [0.4, 0.5) is 0 Å². The number of rotatable bonds is 6. The molecule has 7 heteroatoms. The van der Waals surface area contributed by atoms with Crippen LogP contribution in [-0.2, 0) is 10.0 Å². The molecule has 0 N–H and O–H groups in total. The number of sulfonamides is 1. The van der Waals surface area contributed by atoms with E-state index in [-0.39, 0.29) is 10.9 Å². The number of hydrogen-bond donors (Lipinski definition) is 0. The Labute approximate surface area is 151 Å². The summed E-state index contributed by atoms with van der Waals surface area (Å²) in [5.41, 5.74) is 0.890. The maximum Gasteiger partial charge on any atom is 0.243 e. The highest BCUT2D eigenvalue weighted by molar-refractivity contribution is 7.89. The molecule has 5 nitrogen and oxygen atoms in total. The smallest absolute Gasteiger partial charge is 0.243 e. The predicted octanol–water partition coefficient (Wildman–Crippen LogP) is 4.08. The number of para-hydroxylation sites is 1. The second-order valence-corrected chi connectivity index (χ2v) is 8.68. The van der Waals surface area contributed by atoms with Gasteiger partial charge in [0.15, 0.2) is 0 Å². The summed E-state index contributed by atoms with van der Waals surface area (Å²) in [7, 11) is -2.03. The van der Waals surface area contributed by atoms with E-state index in [0.717, 1.165) is 15.2 Å². The second-order valence-electron chi connectivity index (χ2n) is 5.62. The standard InChI is InChI=1S/C18H20N2O3S2/c1-4-23-14-9-11-15(12-10-14)25(21,22)20(3)13(2)18-19-16-7-5-6-8-17(16)24-18/h5-13H,4H2,1-3H3/t13-/m0/s1. The Bertz CT molecular complexity index is 932.